The van der Waals surface area contributed by atoms with E-state index in [4.69, 9.17) is 9.84 Å². The van der Waals surface area contributed by atoms with Gasteiger partial charge in [0.15, 0.2) is 11.4 Å². The lowest BCUT2D eigenvalue weighted by Crippen LogP contribution is -2.30. The van der Waals surface area contributed by atoms with Crippen LogP contribution in [0, 0.1) is 0 Å². The molecule has 6 nitrogen and oxygen atoms in total. The summed E-state index contributed by atoms with van der Waals surface area (Å²) in [5.41, 5.74) is 0.258. The van der Waals surface area contributed by atoms with Gasteiger partial charge in [-0.25, -0.2) is 4.98 Å². The molecule has 0 bridgehead atoms. The predicted molar refractivity (Wildman–Crippen MR) is 84.7 cm³/mol. The minimum absolute atomic E-state index is 0. The average Bonchev–Trinajstić information content (AvgIpc) is 2.96. The number of hydrogen-bond donors (Lipinski definition) is 3. The van der Waals surface area contributed by atoms with Gasteiger partial charge in [-0.1, -0.05) is 0 Å². The van der Waals surface area contributed by atoms with E-state index in [-0.39, 0.29) is 49.6 Å². The standard InChI is InChI=1S/C13H19N3O3.2ClH/c17-8-7-16-13(18)12-11(4-2-6-15-12)19-9-10-3-1-5-14-10;;/h2,4,6,10,14,17H,1,3,5,7-9H2,(H,16,18);2*1H. The monoisotopic (exact) mass is 337 g/mol. The highest BCUT2D eigenvalue weighted by Gasteiger charge is 2.17. The van der Waals surface area contributed by atoms with Crippen LogP contribution >= 0.6 is 24.8 Å². The lowest BCUT2D eigenvalue weighted by Gasteiger charge is -2.14. The maximum absolute atomic E-state index is 11.8. The average molecular weight is 338 g/mol. The molecule has 1 aromatic rings. The molecular weight excluding hydrogens is 317 g/mol. The summed E-state index contributed by atoms with van der Waals surface area (Å²) in [4.78, 5) is 15.9. The van der Waals surface area contributed by atoms with Gasteiger partial charge in [-0.2, -0.15) is 0 Å². The van der Waals surface area contributed by atoms with E-state index in [0.29, 0.717) is 18.4 Å². The Hall–Kier alpha value is -1.08. The fraction of sp³-hybridized carbons (Fsp3) is 0.538. The summed E-state index contributed by atoms with van der Waals surface area (Å²) in [6.07, 6.45) is 3.80. The summed E-state index contributed by atoms with van der Waals surface area (Å²) in [7, 11) is 0. The van der Waals surface area contributed by atoms with Crippen molar-refractivity contribution in [3.63, 3.8) is 0 Å². The number of amides is 1. The highest BCUT2D eigenvalue weighted by molar-refractivity contribution is 5.94. The Morgan fingerprint density at radius 2 is 2.33 bits per heavy atom. The number of hydrogen-bond acceptors (Lipinski definition) is 5. The van der Waals surface area contributed by atoms with Crippen LogP contribution in [0.15, 0.2) is 18.3 Å². The molecule has 3 N–H and O–H groups in total. The Bertz CT molecular complexity index is 429. The molecule has 1 aliphatic rings. The second-order valence-electron chi connectivity index (χ2n) is 4.43. The Morgan fingerprint density at radius 3 is 3.00 bits per heavy atom. The molecule has 1 fully saturated rings. The molecule has 1 unspecified atom stereocenters. The second kappa shape index (κ2) is 10.6. The molecule has 0 spiro atoms. The number of ether oxygens (including phenoxy) is 1. The van der Waals surface area contributed by atoms with Crippen LogP contribution in [0.5, 0.6) is 5.75 Å². The van der Waals surface area contributed by atoms with E-state index < -0.39 is 0 Å². The third-order valence-electron chi connectivity index (χ3n) is 2.99. The van der Waals surface area contributed by atoms with Gasteiger partial charge in [-0.15, -0.1) is 24.8 Å². The lowest BCUT2D eigenvalue weighted by atomic mass is 10.2. The Labute approximate surface area is 136 Å². The molecule has 1 aromatic heterocycles. The first-order chi connectivity index (χ1) is 9.31. The van der Waals surface area contributed by atoms with Crippen LogP contribution in [-0.2, 0) is 0 Å². The number of carbonyl (C=O) groups is 1. The van der Waals surface area contributed by atoms with E-state index in [2.05, 4.69) is 15.6 Å². The van der Waals surface area contributed by atoms with Crippen LogP contribution in [0.25, 0.3) is 0 Å². The smallest absolute Gasteiger partial charge is 0.273 e. The maximum atomic E-state index is 11.8. The molecule has 2 heterocycles. The largest absolute Gasteiger partial charge is 0.489 e. The first-order valence-electron chi connectivity index (χ1n) is 6.51. The van der Waals surface area contributed by atoms with Crippen molar-refractivity contribution in [1.29, 1.82) is 0 Å². The number of aliphatic hydroxyl groups is 1. The van der Waals surface area contributed by atoms with Crippen LogP contribution in [-0.4, -0.2) is 48.3 Å². The highest BCUT2D eigenvalue weighted by Crippen LogP contribution is 2.16. The molecule has 0 saturated carbocycles. The van der Waals surface area contributed by atoms with Gasteiger partial charge < -0.3 is 20.5 Å². The number of halogens is 2. The third-order valence-corrected chi connectivity index (χ3v) is 2.99. The van der Waals surface area contributed by atoms with Crippen molar-refractivity contribution in [2.45, 2.75) is 18.9 Å². The van der Waals surface area contributed by atoms with Crippen molar-refractivity contribution in [3.8, 4) is 5.75 Å². The van der Waals surface area contributed by atoms with Crippen LogP contribution in [0.2, 0.25) is 0 Å². The number of nitrogens with one attached hydrogen (secondary N) is 2. The van der Waals surface area contributed by atoms with Crippen LogP contribution in [0.4, 0.5) is 0 Å². The van der Waals surface area contributed by atoms with Gasteiger partial charge >= 0.3 is 0 Å². The lowest BCUT2D eigenvalue weighted by molar-refractivity contribution is 0.0934. The number of rotatable bonds is 6. The summed E-state index contributed by atoms with van der Waals surface area (Å²) < 4.78 is 5.67. The summed E-state index contributed by atoms with van der Waals surface area (Å²) in [5.74, 6) is 0.149. The number of carbonyl (C=O) groups excluding carboxylic acids is 1. The molecule has 1 aliphatic heterocycles. The quantitative estimate of drug-likeness (QED) is 0.714. The molecule has 0 aromatic carbocycles. The molecular formula is C13H21Cl2N3O3. The van der Waals surface area contributed by atoms with Gasteiger partial charge in [0.1, 0.15) is 6.61 Å². The van der Waals surface area contributed by atoms with Crippen molar-refractivity contribution in [3.05, 3.63) is 24.0 Å². The molecule has 1 saturated heterocycles. The second-order valence-corrected chi connectivity index (χ2v) is 4.43. The number of pyridine rings is 1. The topological polar surface area (TPSA) is 83.5 Å². The number of aromatic nitrogens is 1. The summed E-state index contributed by atoms with van der Waals surface area (Å²) >= 11 is 0. The summed E-state index contributed by atoms with van der Waals surface area (Å²) in [5, 5.41) is 14.6. The minimum atomic E-state index is -0.330. The van der Waals surface area contributed by atoms with Crippen molar-refractivity contribution < 1.29 is 14.6 Å². The Morgan fingerprint density at radius 1 is 1.52 bits per heavy atom. The fourth-order valence-electron chi connectivity index (χ4n) is 2.02. The first-order valence-corrected chi connectivity index (χ1v) is 6.51. The molecule has 8 heteroatoms. The first kappa shape index (κ1) is 19.9. The van der Waals surface area contributed by atoms with Crippen LogP contribution in [0.1, 0.15) is 23.3 Å². The van der Waals surface area contributed by atoms with E-state index >= 15 is 0 Å². The van der Waals surface area contributed by atoms with Gasteiger partial charge in [0.05, 0.1) is 6.61 Å². The Kier molecular flexibility index (Phi) is 10.1. The maximum Gasteiger partial charge on any atom is 0.273 e. The minimum Gasteiger partial charge on any atom is -0.489 e. The zero-order valence-corrected chi connectivity index (χ0v) is 13.2. The van der Waals surface area contributed by atoms with Gasteiger partial charge in [-0.3, -0.25) is 4.79 Å². The van der Waals surface area contributed by atoms with Crippen molar-refractivity contribution in [2.75, 3.05) is 26.3 Å². The summed E-state index contributed by atoms with van der Waals surface area (Å²) in [6, 6.07) is 3.81. The zero-order valence-electron chi connectivity index (χ0n) is 11.6. The molecule has 2 rings (SSSR count). The number of aliphatic hydroxyl groups excluding tert-OH is 1. The highest BCUT2D eigenvalue weighted by atomic mass is 35.5. The SMILES string of the molecule is Cl.Cl.O=C(NCCO)c1ncccc1OCC1CCCN1. The molecule has 0 radical (unpaired) electrons. The Balaban J connectivity index is 0.00000200. The van der Waals surface area contributed by atoms with Crippen molar-refractivity contribution in [2.24, 2.45) is 0 Å². The van der Waals surface area contributed by atoms with Crippen molar-refractivity contribution >= 4 is 30.7 Å². The van der Waals surface area contributed by atoms with Gasteiger partial charge in [0.25, 0.3) is 5.91 Å². The number of nitrogens with zero attached hydrogens (tertiary/aromatic N) is 1. The molecule has 1 amide bonds. The van der Waals surface area contributed by atoms with Crippen molar-refractivity contribution in [1.82, 2.24) is 15.6 Å². The zero-order chi connectivity index (χ0) is 13.5. The van der Waals surface area contributed by atoms with E-state index in [1.807, 2.05) is 0 Å². The molecule has 120 valence electrons. The molecule has 21 heavy (non-hydrogen) atoms. The van der Waals surface area contributed by atoms with E-state index in [0.717, 1.165) is 19.4 Å². The molecule has 1 atom stereocenters. The fourth-order valence-corrected chi connectivity index (χ4v) is 2.02. The van der Waals surface area contributed by atoms with E-state index in [9.17, 15) is 4.79 Å². The van der Waals surface area contributed by atoms with Gasteiger partial charge in [-0.05, 0) is 31.5 Å². The van der Waals surface area contributed by atoms with Gasteiger partial charge in [0, 0.05) is 18.8 Å². The van der Waals surface area contributed by atoms with Gasteiger partial charge in [0.2, 0.25) is 0 Å². The summed E-state index contributed by atoms with van der Waals surface area (Å²) in [6.45, 7) is 1.66. The predicted octanol–water partition coefficient (Wildman–Crippen LogP) is 0.778. The third kappa shape index (κ3) is 6.05. The molecule has 0 aliphatic carbocycles. The van der Waals surface area contributed by atoms with E-state index in [1.165, 1.54) is 0 Å². The normalized spacial score (nSPS) is 16.5. The van der Waals surface area contributed by atoms with E-state index in [1.54, 1.807) is 18.3 Å². The van der Waals surface area contributed by atoms with Crippen LogP contribution < -0.4 is 15.4 Å². The van der Waals surface area contributed by atoms with Crippen LogP contribution in [0.3, 0.4) is 0 Å².